The van der Waals surface area contributed by atoms with Crippen LogP contribution >= 0.6 is 11.5 Å². The highest BCUT2D eigenvalue weighted by atomic mass is 32.1. The molecule has 0 aliphatic rings. The number of hydrogen-bond acceptors (Lipinski definition) is 6. The van der Waals surface area contributed by atoms with Crippen molar-refractivity contribution in [1.29, 1.82) is 0 Å². The molecule has 0 atom stereocenters. The smallest absolute Gasteiger partial charge is 0.328 e. The summed E-state index contributed by atoms with van der Waals surface area (Å²) in [6, 6.07) is 1.74. The van der Waals surface area contributed by atoms with Gasteiger partial charge in [-0.3, -0.25) is 4.79 Å². The zero-order valence-corrected chi connectivity index (χ0v) is 12.3. The van der Waals surface area contributed by atoms with Crippen LogP contribution in [0.2, 0.25) is 0 Å². The second-order valence-electron chi connectivity index (χ2n) is 4.85. The molecule has 9 heteroatoms. The summed E-state index contributed by atoms with van der Waals surface area (Å²) < 4.78 is 5.49. The zero-order valence-electron chi connectivity index (χ0n) is 11.5. The van der Waals surface area contributed by atoms with E-state index in [0.717, 1.165) is 5.56 Å². The van der Waals surface area contributed by atoms with Gasteiger partial charge in [0.2, 0.25) is 0 Å². The second kappa shape index (κ2) is 5.92. The Hall–Kier alpha value is -2.42. The third-order valence-corrected chi connectivity index (χ3v) is 3.16. The van der Waals surface area contributed by atoms with Crippen LogP contribution in [0.25, 0.3) is 11.4 Å². The molecule has 2 aromatic heterocycles. The minimum atomic E-state index is -1.32. The maximum absolute atomic E-state index is 11.8. The molecule has 1 amide bonds. The number of hydrogen-bond donors (Lipinski definition) is 2. The van der Waals surface area contributed by atoms with E-state index in [1.54, 1.807) is 24.0 Å². The average Bonchev–Trinajstić information content (AvgIpc) is 2.92. The first-order chi connectivity index (χ1) is 9.88. The number of aromatic nitrogens is 4. The molecule has 0 aromatic carbocycles. The van der Waals surface area contributed by atoms with Crippen LogP contribution in [0.1, 0.15) is 13.8 Å². The molecule has 0 saturated carbocycles. The molecule has 0 aliphatic heterocycles. The van der Waals surface area contributed by atoms with E-state index in [1.165, 1.54) is 30.1 Å². The van der Waals surface area contributed by atoms with Crippen LogP contribution in [0.3, 0.4) is 0 Å². The van der Waals surface area contributed by atoms with Gasteiger partial charge in [-0.1, -0.05) is 4.68 Å². The number of amides is 1. The largest absolute Gasteiger partial charge is 0.480 e. The van der Waals surface area contributed by atoms with E-state index in [0.29, 0.717) is 5.82 Å². The van der Waals surface area contributed by atoms with E-state index in [2.05, 4.69) is 19.8 Å². The van der Waals surface area contributed by atoms with Crippen LogP contribution in [0.4, 0.5) is 0 Å². The standard InChI is InChI=1S/C12H13N5O3S/c1-12(2,11(19)20)15-9(18)6-17-4-3-8(5-14-17)10-13-7-21-16-10/h3-5,7H,6H2,1-2H3,(H-,15,18,19,20)/p+1. The van der Waals surface area contributed by atoms with Crippen LogP contribution in [-0.4, -0.2) is 37.0 Å². The monoisotopic (exact) mass is 308 g/mol. The highest BCUT2D eigenvalue weighted by molar-refractivity contribution is 7.03. The highest BCUT2D eigenvalue weighted by Gasteiger charge is 2.30. The van der Waals surface area contributed by atoms with E-state index in [1.807, 2.05) is 0 Å². The molecule has 2 aromatic rings. The highest BCUT2D eigenvalue weighted by Crippen LogP contribution is 2.11. The lowest BCUT2D eigenvalue weighted by Gasteiger charge is -2.19. The maximum Gasteiger partial charge on any atom is 0.328 e. The molecule has 8 nitrogen and oxygen atoms in total. The van der Waals surface area contributed by atoms with Gasteiger partial charge in [0.25, 0.3) is 12.5 Å². The summed E-state index contributed by atoms with van der Waals surface area (Å²) in [6.45, 7) is 2.77. The van der Waals surface area contributed by atoms with Crippen molar-refractivity contribution in [2.45, 2.75) is 25.9 Å². The first kappa shape index (κ1) is 15.0. The van der Waals surface area contributed by atoms with Gasteiger partial charge < -0.3 is 10.4 Å². The van der Waals surface area contributed by atoms with Gasteiger partial charge in [0.15, 0.2) is 12.0 Å². The fourth-order valence-corrected chi connectivity index (χ4v) is 1.94. The third-order valence-electron chi connectivity index (χ3n) is 2.68. The number of rotatable bonds is 5. The van der Waals surface area contributed by atoms with Crippen molar-refractivity contribution in [2.75, 3.05) is 0 Å². The fraction of sp³-hybridized carbons (Fsp3) is 0.333. The zero-order chi connectivity index (χ0) is 15.5. The van der Waals surface area contributed by atoms with Gasteiger partial charge >= 0.3 is 5.97 Å². The van der Waals surface area contributed by atoms with Gasteiger partial charge in [0.05, 0.1) is 5.56 Å². The van der Waals surface area contributed by atoms with Crippen LogP contribution in [0.15, 0.2) is 24.0 Å². The summed E-state index contributed by atoms with van der Waals surface area (Å²) in [5, 5.41) is 15.5. The lowest BCUT2D eigenvalue weighted by atomic mass is 10.1. The van der Waals surface area contributed by atoms with Crippen LogP contribution in [0, 0.1) is 0 Å². The van der Waals surface area contributed by atoms with Crippen molar-refractivity contribution in [1.82, 2.24) is 19.8 Å². The number of carboxylic acids is 1. The molecular weight excluding hydrogens is 294 g/mol. The van der Waals surface area contributed by atoms with Crippen LogP contribution in [-0.2, 0) is 16.1 Å². The Balaban J connectivity index is 2.01. The molecule has 0 aliphatic carbocycles. The number of nitrogens with one attached hydrogen (secondary N) is 1. The first-order valence-corrected chi connectivity index (χ1v) is 6.89. The van der Waals surface area contributed by atoms with E-state index in [9.17, 15) is 9.59 Å². The Labute approximate surface area is 124 Å². The molecule has 2 rings (SSSR count). The lowest BCUT2D eigenvalue weighted by Crippen LogP contribution is -2.54. The summed E-state index contributed by atoms with van der Waals surface area (Å²) >= 11 is 1.24. The SMILES string of the molecule is CC(C)(NC(=O)C[n+]1ccc(-c2ncsn2)cn1)C(=O)O. The predicted molar refractivity (Wildman–Crippen MR) is 73.2 cm³/mol. The molecule has 2 N–H and O–H groups in total. The van der Waals surface area contributed by atoms with Crippen molar-refractivity contribution in [3.05, 3.63) is 24.0 Å². The van der Waals surface area contributed by atoms with Crippen molar-refractivity contribution in [3.63, 3.8) is 0 Å². The van der Waals surface area contributed by atoms with Crippen LogP contribution < -0.4 is 10.00 Å². The first-order valence-electron chi connectivity index (χ1n) is 6.05. The maximum atomic E-state index is 11.8. The average molecular weight is 308 g/mol. The Kier molecular flexibility index (Phi) is 4.22. The summed E-state index contributed by atoms with van der Waals surface area (Å²) in [7, 11) is 0. The molecule has 0 fully saturated rings. The predicted octanol–water partition coefficient (Wildman–Crippen LogP) is -0.133. The Morgan fingerprint density at radius 3 is 2.76 bits per heavy atom. The van der Waals surface area contributed by atoms with Crippen LogP contribution in [0.5, 0.6) is 0 Å². The molecule has 110 valence electrons. The summed E-state index contributed by atoms with van der Waals surface area (Å²) in [5.41, 5.74) is 1.05. The van der Waals surface area contributed by atoms with Crippen molar-refractivity contribution in [3.8, 4) is 11.4 Å². The molecule has 0 spiro atoms. The minimum Gasteiger partial charge on any atom is -0.480 e. The number of aliphatic carboxylic acids is 1. The van der Waals surface area contributed by atoms with E-state index < -0.39 is 17.4 Å². The van der Waals surface area contributed by atoms with Gasteiger partial charge in [-0.25, -0.2) is 9.78 Å². The Bertz CT molecular complexity index is 639. The third kappa shape index (κ3) is 3.78. The number of carboxylic acid groups (broad SMARTS) is 1. The molecule has 0 bridgehead atoms. The summed E-state index contributed by atoms with van der Waals surface area (Å²) in [4.78, 5) is 26.8. The van der Waals surface area contributed by atoms with Crippen molar-refractivity contribution < 1.29 is 19.4 Å². The van der Waals surface area contributed by atoms with Crippen molar-refractivity contribution >= 4 is 23.4 Å². The fourth-order valence-electron chi connectivity index (χ4n) is 1.50. The Morgan fingerprint density at radius 1 is 1.48 bits per heavy atom. The summed E-state index contributed by atoms with van der Waals surface area (Å²) in [6.07, 6.45) is 3.17. The Morgan fingerprint density at radius 2 is 2.24 bits per heavy atom. The number of carbonyl (C=O) groups is 2. The molecule has 0 radical (unpaired) electrons. The van der Waals surface area contributed by atoms with Gasteiger partial charge in [-0.2, -0.15) is 4.37 Å². The normalized spacial score (nSPS) is 11.1. The summed E-state index contributed by atoms with van der Waals surface area (Å²) in [5.74, 6) is -0.950. The van der Waals surface area contributed by atoms with Gasteiger partial charge in [0, 0.05) is 6.07 Å². The van der Waals surface area contributed by atoms with Gasteiger partial charge in [-0.05, 0) is 30.5 Å². The number of nitrogens with zero attached hydrogens (tertiary/aromatic N) is 4. The minimum absolute atomic E-state index is 0.0680. The molecule has 2 heterocycles. The van der Waals surface area contributed by atoms with Gasteiger partial charge in [0.1, 0.15) is 17.2 Å². The molecule has 0 unspecified atom stereocenters. The lowest BCUT2D eigenvalue weighted by molar-refractivity contribution is -0.742. The molecule has 21 heavy (non-hydrogen) atoms. The molecule has 0 saturated heterocycles. The van der Waals surface area contributed by atoms with E-state index in [-0.39, 0.29) is 6.54 Å². The second-order valence-corrected chi connectivity index (χ2v) is 5.45. The van der Waals surface area contributed by atoms with Crippen molar-refractivity contribution in [2.24, 2.45) is 0 Å². The van der Waals surface area contributed by atoms with E-state index in [4.69, 9.17) is 5.11 Å². The number of carbonyl (C=O) groups excluding carboxylic acids is 1. The van der Waals surface area contributed by atoms with E-state index >= 15 is 0 Å². The topological polar surface area (TPSA) is 109 Å². The quantitative estimate of drug-likeness (QED) is 0.745. The van der Waals surface area contributed by atoms with Gasteiger partial charge in [-0.15, -0.1) is 0 Å². The molecular formula is C12H14N5O3S+.